The van der Waals surface area contributed by atoms with Crippen molar-refractivity contribution in [3.05, 3.63) is 0 Å². The van der Waals surface area contributed by atoms with Crippen LogP contribution >= 0.6 is 0 Å². The first-order chi connectivity index (χ1) is 5.22. The summed E-state index contributed by atoms with van der Waals surface area (Å²) in [6, 6.07) is 0.644. The number of rotatable bonds is 4. The van der Waals surface area contributed by atoms with Crippen molar-refractivity contribution in [1.82, 2.24) is 10.2 Å². The fourth-order valence-electron chi connectivity index (χ4n) is 1.47. The summed E-state index contributed by atoms with van der Waals surface area (Å²) in [4.78, 5) is 2.48. The molecule has 0 aromatic carbocycles. The van der Waals surface area contributed by atoms with Crippen LogP contribution in [0.3, 0.4) is 0 Å². The van der Waals surface area contributed by atoms with Gasteiger partial charge in [0.2, 0.25) is 0 Å². The Bertz CT molecular complexity index is 106. The summed E-state index contributed by atoms with van der Waals surface area (Å²) in [7, 11) is 0. The molecule has 11 heavy (non-hydrogen) atoms. The lowest BCUT2D eigenvalue weighted by Crippen LogP contribution is -2.51. The number of likely N-dealkylation sites (tertiary alicyclic amines) is 1. The highest BCUT2D eigenvalue weighted by molar-refractivity contribution is 4.80. The van der Waals surface area contributed by atoms with E-state index >= 15 is 0 Å². The molecule has 1 heterocycles. The lowest BCUT2D eigenvalue weighted by Gasteiger charge is -2.39. The van der Waals surface area contributed by atoms with E-state index in [1.165, 1.54) is 26.2 Å². The van der Waals surface area contributed by atoms with E-state index in [-0.39, 0.29) is 0 Å². The number of hydrogen-bond donors (Lipinski definition) is 1. The van der Waals surface area contributed by atoms with Gasteiger partial charge in [-0.1, -0.05) is 20.8 Å². The molecule has 1 fully saturated rings. The molecule has 1 aliphatic heterocycles. The Morgan fingerprint density at radius 2 is 2.09 bits per heavy atom. The third kappa shape index (κ3) is 2.80. The Kier molecular flexibility index (Phi) is 3.34. The highest BCUT2D eigenvalue weighted by Gasteiger charge is 2.24. The third-order valence-electron chi connectivity index (χ3n) is 2.29. The Hall–Kier alpha value is -0.0800. The molecule has 1 N–H and O–H groups in total. The summed E-state index contributed by atoms with van der Waals surface area (Å²) in [5.41, 5.74) is 0. The Morgan fingerprint density at radius 1 is 1.45 bits per heavy atom. The van der Waals surface area contributed by atoms with Crippen LogP contribution in [0.15, 0.2) is 0 Å². The minimum absolute atomic E-state index is 0.644. The van der Waals surface area contributed by atoms with Gasteiger partial charge >= 0.3 is 0 Å². The molecule has 0 aromatic rings. The normalized spacial score (nSPS) is 20.7. The van der Waals surface area contributed by atoms with E-state index in [4.69, 9.17) is 0 Å². The second kappa shape index (κ2) is 4.07. The van der Waals surface area contributed by atoms with Crippen molar-refractivity contribution in [1.29, 1.82) is 0 Å². The second-order valence-electron chi connectivity index (χ2n) is 3.78. The van der Waals surface area contributed by atoms with Gasteiger partial charge in [0.15, 0.2) is 0 Å². The number of hydrogen-bond acceptors (Lipinski definition) is 2. The smallest absolute Gasteiger partial charge is 0.00341 e. The van der Waals surface area contributed by atoms with Crippen molar-refractivity contribution in [3.63, 3.8) is 0 Å². The number of nitrogens with zero attached hydrogens (tertiary/aromatic N) is 1. The first-order valence-corrected chi connectivity index (χ1v) is 4.68. The van der Waals surface area contributed by atoms with Crippen LogP contribution in [0.5, 0.6) is 0 Å². The summed E-state index contributed by atoms with van der Waals surface area (Å²) < 4.78 is 0. The van der Waals surface area contributed by atoms with E-state index in [9.17, 15) is 0 Å². The zero-order valence-electron chi connectivity index (χ0n) is 7.93. The van der Waals surface area contributed by atoms with Crippen molar-refractivity contribution in [2.24, 2.45) is 5.92 Å². The third-order valence-corrected chi connectivity index (χ3v) is 2.29. The van der Waals surface area contributed by atoms with Crippen molar-refractivity contribution in [2.75, 3.05) is 26.2 Å². The monoisotopic (exact) mass is 156 g/mol. The zero-order chi connectivity index (χ0) is 8.27. The van der Waals surface area contributed by atoms with E-state index in [2.05, 4.69) is 31.0 Å². The van der Waals surface area contributed by atoms with Gasteiger partial charge in [0.1, 0.15) is 0 Å². The van der Waals surface area contributed by atoms with Gasteiger partial charge in [0.05, 0.1) is 0 Å². The summed E-state index contributed by atoms with van der Waals surface area (Å²) in [5, 5.41) is 3.47. The molecular formula is C9H20N2. The highest BCUT2D eigenvalue weighted by Crippen LogP contribution is 2.13. The van der Waals surface area contributed by atoms with Crippen molar-refractivity contribution in [3.8, 4) is 0 Å². The molecule has 0 atom stereocenters. The maximum Gasteiger partial charge on any atom is 0.00341 e. The average Bonchev–Trinajstić information content (AvgIpc) is 1.84. The minimum atomic E-state index is 0.644. The summed E-state index contributed by atoms with van der Waals surface area (Å²) in [5.74, 6) is 0.914. The predicted octanol–water partition coefficient (Wildman–Crippen LogP) is 0.936. The van der Waals surface area contributed by atoms with Gasteiger partial charge in [0.25, 0.3) is 0 Å². The van der Waals surface area contributed by atoms with Crippen LogP contribution in [0.2, 0.25) is 0 Å². The molecule has 0 amide bonds. The molecule has 2 nitrogen and oxygen atoms in total. The molecular weight excluding hydrogens is 136 g/mol. The maximum absolute atomic E-state index is 3.47. The van der Waals surface area contributed by atoms with Crippen LogP contribution in [0.25, 0.3) is 0 Å². The quantitative estimate of drug-likeness (QED) is 0.651. The molecule has 1 rings (SSSR count). The first-order valence-electron chi connectivity index (χ1n) is 4.68. The van der Waals surface area contributed by atoms with E-state index in [0.29, 0.717) is 6.04 Å². The summed E-state index contributed by atoms with van der Waals surface area (Å²) in [6.07, 6.45) is 0. The number of nitrogens with one attached hydrogen (secondary N) is 1. The molecule has 0 aromatic heterocycles. The zero-order valence-corrected chi connectivity index (χ0v) is 7.93. The molecule has 0 aliphatic carbocycles. The predicted molar refractivity (Wildman–Crippen MR) is 48.7 cm³/mol. The molecule has 0 bridgehead atoms. The van der Waals surface area contributed by atoms with Crippen molar-refractivity contribution >= 4 is 0 Å². The Balaban J connectivity index is 1.96. The van der Waals surface area contributed by atoms with Gasteiger partial charge in [-0.3, -0.25) is 0 Å². The summed E-state index contributed by atoms with van der Waals surface area (Å²) in [6.45, 7) is 11.7. The van der Waals surface area contributed by atoms with Gasteiger partial charge in [-0.05, 0) is 12.5 Å². The molecule has 1 saturated heterocycles. The fraction of sp³-hybridized carbons (Fsp3) is 1.00. The topological polar surface area (TPSA) is 15.3 Å². The van der Waals surface area contributed by atoms with E-state index in [0.717, 1.165) is 5.92 Å². The van der Waals surface area contributed by atoms with Gasteiger partial charge in [-0.25, -0.2) is 0 Å². The van der Waals surface area contributed by atoms with Crippen LogP contribution in [0.4, 0.5) is 0 Å². The van der Waals surface area contributed by atoms with Crippen LogP contribution in [0, 0.1) is 5.92 Å². The van der Waals surface area contributed by atoms with Gasteiger partial charge in [-0.2, -0.15) is 0 Å². The Labute approximate surface area is 70.0 Å². The summed E-state index contributed by atoms with van der Waals surface area (Å²) >= 11 is 0. The second-order valence-corrected chi connectivity index (χ2v) is 3.78. The van der Waals surface area contributed by atoms with Crippen molar-refractivity contribution < 1.29 is 0 Å². The van der Waals surface area contributed by atoms with Crippen LogP contribution in [0.1, 0.15) is 20.8 Å². The minimum Gasteiger partial charge on any atom is -0.314 e. The van der Waals surface area contributed by atoms with Crippen LogP contribution < -0.4 is 5.32 Å². The molecule has 0 unspecified atom stereocenters. The van der Waals surface area contributed by atoms with Gasteiger partial charge < -0.3 is 10.2 Å². The van der Waals surface area contributed by atoms with Crippen molar-refractivity contribution in [2.45, 2.75) is 26.8 Å². The molecule has 2 heteroatoms. The van der Waals surface area contributed by atoms with Crippen LogP contribution in [-0.4, -0.2) is 37.1 Å². The van der Waals surface area contributed by atoms with Gasteiger partial charge in [0, 0.05) is 25.7 Å². The SMILES string of the molecule is CCN1CC(CNC(C)C)C1. The lowest BCUT2D eigenvalue weighted by molar-refractivity contribution is 0.105. The largest absolute Gasteiger partial charge is 0.314 e. The lowest BCUT2D eigenvalue weighted by atomic mass is 10.0. The molecule has 0 spiro atoms. The molecule has 0 saturated carbocycles. The Morgan fingerprint density at radius 3 is 2.55 bits per heavy atom. The molecule has 66 valence electrons. The highest BCUT2D eigenvalue weighted by atomic mass is 15.2. The van der Waals surface area contributed by atoms with Crippen LogP contribution in [-0.2, 0) is 0 Å². The van der Waals surface area contributed by atoms with Gasteiger partial charge in [-0.15, -0.1) is 0 Å². The average molecular weight is 156 g/mol. The maximum atomic E-state index is 3.47. The van der Waals surface area contributed by atoms with E-state index < -0.39 is 0 Å². The fourth-order valence-corrected chi connectivity index (χ4v) is 1.47. The van der Waals surface area contributed by atoms with E-state index in [1.807, 2.05) is 0 Å². The molecule has 0 radical (unpaired) electrons. The van der Waals surface area contributed by atoms with E-state index in [1.54, 1.807) is 0 Å². The standard InChI is InChI=1S/C9H20N2/c1-4-11-6-9(7-11)5-10-8(2)3/h8-10H,4-7H2,1-3H3. The molecule has 1 aliphatic rings. The first kappa shape index (κ1) is 9.01.